The van der Waals surface area contributed by atoms with Crippen molar-refractivity contribution in [1.29, 1.82) is 0 Å². The van der Waals surface area contributed by atoms with Crippen LogP contribution in [0.2, 0.25) is 5.02 Å². The Labute approximate surface area is 130 Å². The summed E-state index contributed by atoms with van der Waals surface area (Å²) in [6.07, 6.45) is 1.40. The van der Waals surface area contributed by atoms with Gasteiger partial charge in [0, 0.05) is 12.8 Å². The van der Waals surface area contributed by atoms with E-state index in [1.807, 2.05) is 0 Å². The molecule has 0 saturated carbocycles. The largest absolute Gasteiger partial charge is 0.393 e. The van der Waals surface area contributed by atoms with E-state index in [0.29, 0.717) is 12.8 Å². The Hall–Kier alpha value is -0.670. The fourth-order valence-electron chi connectivity index (χ4n) is 1.60. The van der Waals surface area contributed by atoms with Gasteiger partial charge in [0.25, 0.3) is 0 Å². The van der Waals surface area contributed by atoms with Crippen molar-refractivity contribution in [1.82, 2.24) is 4.72 Å². The number of benzene rings is 1. The van der Waals surface area contributed by atoms with E-state index in [0.717, 1.165) is 12.3 Å². The second kappa shape index (κ2) is 7.06. The van der Waals surface area contributed by atoms with Crippen molar-refractivity contribution >= 4 is 31.5 Å². The van der Waals surface area contributed by atoms with Crippen LogP contribution < -0.4 is 4.72 Å². The molecule has 0 radical (unpaired) electrons. The number of nitrogens with one attached hydrogen (secondary N) is 1. The number of hydrogen-bond acceptors (Lipinski definition) is 5. The second-order valence-corrected chi connectivity index (χ2v) is 8.91. The lowest BCUT2D eigenvalue weighted by atomic mass is 10.2. The van der Waals surface area contributed by atoms with Crippen molar-refractivity contribution in [2.75, 3.05) is 12.8 Å². The molecule has 1 aromatic rings. The summed E-state index contributed by atoms with van der Waals surface area (Å²) in [6.45, 7) is 1.74. The van der Waals surface area contributed by atoms with Crippen molar-refractivity contribution in [2.24, 2.45) is 0 Å². The van der Waals surface area contributed by atoms with Crippen LogP contribution >= 0.6 is 11.6 Å². The molecule has 2 N–H and O–H groups in total. The molecule has 0 aliphatic heterocycles. The average molecular weight is 356 g/mol. The Morgan fingerprint density at radius 3 is 2.43 bits per heavy atom. The number of sulfonamides is 1. The van der Waals surface area contributed by atoms with E-state index >= 15 is 0 Å². The summed E-state index contributed by atoms with van der Waals surface area (Å²) < 4.78 is 49.5. The highest BCUT2D eigenvalue weighted by Crippen LogP contribution is 2.24. The SMILES string of the molecule is CC(O)CCCNS(=O)(=O)c1cc(S(C)(=O)=O)ccc1Cl. The van der Waals surface area contributed by atoms with Crippen LogP contribution in [0.4, 0.5) is 0 Å². The highest BCUT2D eigenvalue weighted by molar-refractivity contribution is 7.91. The summed E-state index contributed by atoms with van der Waals surface area (Å²) >= 11 is 5.84. The lowest BCUT2D eigenvalue weighted by molar-refractivity contribution is 0.182. The maximum Gasteiger partial charge on any atom is 0.242 e. The summed E-state index contributed by atoms with van der Waals surface area (Å²) in [5.74, 6) is 0. The molecule has 1 rings (SSSR count). The minimum atomic E-state index is -3.90. The molecule has 0 saturated heterocycles. The second-order valence-electron chi connectivity index (χ2n) is 4.75. The number of rotatable bonds is 7. The van der Waals surface area contributed by atoms with Crippen LogP contribution in [-0.2, 0) is 19.9 Å². The molecule has 0 spiro atoms. The summed E-state index contributed by atoms with van der Waals surface area (Å²) in [5, 5.41) is 9.05. The molecule has 0 fully saturated rings. The van der Waals surface area contributed by atoms with Crippen LogP contribution in [0, 0.1) is 0 Å². The van der Waals surface area contributed by atoms with Crippen LogP contribution in [0.15, 0.2) is 28.0 Å². The van der Waals surface area contributed by atoms with Gasteiger partial charge in [-0.3, -0.25) is 0 Å². The first-order chi connectivity index (χ1) is 9.54. The first kappa shape index (κ1) is 18.4. The van der Waals surface area contributed by atoms with Gasteiger partial charge in [0.05, 0.1) is 16.0 Å². The van der Waals surface area contributed by atoms with Crippen molar-refractivity contribution in [3.63, 3.8) is 0 Å². The van der Waals surface area contributed by atoms with E-state index in [1.165, 1.54) is 12.1 Å². The van der Waals surface area contributed by atoms with Gasteiger partial charge in [-0.15, -0.1) is 0 Å². The number of sulfone groups is 1. The Morgan fingerprint density at radius 1 is 1.29 bits per heavy atom. The third-order valence-electron chi connectivity index (χ3n) is 2.71. The first-order valence-corrected chi connectivity index (χ1v) is 9.96. The minimum absolute atomic E-state index is 0.0505. The Morgan fingerprint density at radius 2 is 1.90 bits per heavy atom. The average Bonchev–Trinajstić information content (AvgIpc) is 2.33. The van der Waals surface area contributed by atoms with E-state index in [2.05, 4.69) is 4.72 Å². The van der Waals surface area contributed by atoms with Gasteiger partial charge in [-0.05, 0) is 38.0 Å². The molecular weight excluding hydrogens is 338 g/mol. The molecule has 1 atom stereocenters. The van der Waals surface area contributed by atoms with Crippen molar-refractivity contribution in [2.45, 2.75) is 35.7 Å². The summed E-state index contributed by atoms with van der Waals surface area (Å²) in [5.41, 5.74) is 0. The molecule has 0 aliphatic rings. The lowest BCUT2D eigenvalue weighted by Crippen LogP contribution is -2.26. The highest BCUT2D eigenvalue weighted by Gasteiger charge is 2.20. The molecule has 120 valence electrons. The van der Waals surface area contributed by atoms with E-state index in [1.54, 1.807) is 6.92 Å². The van der Waals surface area contributed by atoms with Crippen molar-refractivity contribution in [3.05, 3.63) is 23.2 Å². The number of aliphatic hydroxyl groups excluding tert-OH is 1. The van der Waals surface area contributed by atoms with Gasteiger partial charge in [-0.1, -0.05) is 11.6 Å². The molecule has 0 amide bonds. The fraction of sp³-hybridized carbons (Fsp3) is 0.500. The maximum atomic E-state index is 12.1. The van der Waals surface area contributed by atoms with E-state index in [9.17, 15) is 16.8 Å². The van der Waals surface area contributed by atoms with Crippen LogP contribution in [0.1, 0.15) is 19.8 Å². The predicted molar refractivity (Wildman–Crippen MR) is 80.7 cm³/mol. The van der Waals surface area contributed by atoms with Crippen molar-refractivity contribution < 1.29 is 21.9 Å². The molecule has 9 heteroatoms. The normalized spacial score (nSPS) is 14.1. The fourth-order valence-corrected chi connectivity index (χ4v) is 3.92. The Balaban J connectivity index is 2.98. The number of halogens is 1. The third-order valence-corrected chi connectivity index (χ3v) is 5.76. The van der Waals surface area contributed by atoms with Crippen molar-refractivity contribution in [3.8, 4) is 0 Å². The summed E-state index contributed by atoms with van der Waals surface area (Å²) in [6, 6.07) is 3.53. The van der Waals surface area contributed by atoms with E-state index in [-0.39, 0.29) is 21.4 Å². The highest BCUT2D eigenvalue weighted by atomic mass is 35.5. The van der Waals surface area contributed by atoms with Gasteiger partial charge < -0.3 is 5.11 Å². The molecule has 21 heavy (non-hydrogen) atoms. The van der Waals surface area contributed by atoms with Crippen LogP contribution in [-0.4, -0.2) is 40.8 Å². The summed E-state index contributed by atoms with van der Waals surface area (Å²) in [4.78, 5) is -0.389. The van der Waals surface area contributed by atoms with Gasteiger partial charge in [0.2, 0.25) is 10.0 Å². The number of aliphatic hydroxyl groups is 1. The molecule has 0 aliphatic carbocycles. The topological polar surface area (TPSA) is 101 Å². The van der Waals surface area contributed by atoms with Crippen LogP contribution in [0.5, 0.6) is 0 Å². The van der Waals surface area contributed by atoms with Gasteiger partial charge >= 0.3 is 0 Å². The minimum Gasteiger partial charge on any atom is -0.393 e. The smallest absolute Gasteiger partial charge is 0.242 e. The standard InChI is InChI=1S/C12H18ClNO5S2/c1-9(15)4-3-7-14-21(18,19)12-8-10(20(2,16)17)5-6-11(12)13/h5-6,8-9,14-15H,3-4,7H2,1-2H3. The maximum absolute atomic E-state index is 12.1. The zero-order valence-electron chi connectivity index (χ0n) is 11.7. The monoisotopic (exact) mass is 355 g/mol. The predicted octanol–water partition coefficient (Wildman–Crippen LogP) is 1.18. The van der Waals surface area contributed by atoms with Crippen LogP contribution in [0.3, 0.4) is 0 Å². The molecule has 1 unspecified atom stereocenters. The lowest BCUT2D eigenvalue weighted by Gasteiger charge is -2.10. The molecule has 0 bridgehead atoms. The molecular formula is C12H18ClNO5S2. The molecule has 0 aromatic heterocycles. The zero-order chi connectivity index (χ0) is 16.3. The van der Waals surface area contributed by atoms with E-state index < -0.39 is 26.0 Å². The quantitative estimate of drug-likeness (QED) is 0.715. The zero-order valence-corrected chi connectivity index (χ0v) is 14.1. The van der Waals surface area contributed by atoms with Gasteiger partial charge in [-0.2, -0.15) is 0 Å². The van der Waals surface area contributed by atoms with Gasteiger partial charge in [-0.25, -0.2) is 21.6 Å². The van der Waals surface area contributed by atoms with Gasteiger partial charge in [0.1, 0.15) is 4.90 Å². The first-order valence-electron chi connectivity index (χ1n) is 6.21. The van der Waals surface area contributed by atoms with Crippen LogP contribution in [0.25, 0.3) is 0 Å². The number of hydrogen-bond donors (Lipinski definition) is 2. The molecule has 6 nitrogen and oxygen atoms in total. The summed E-state index contributed by atoms with van der Waals surface area (Å²) in [7, 11) is -7.42. The van der Waals surface area contributed by atoms with Gasteiger partial charge in [0.15, 0.2) is 9.84 Å². The third kappa shape index (κ3) is 5.55. The Kier molecular flexibility index (Phi) is 6.18. The molecule has 0 heterocycles. The molecule has 1 aromatic carbocycles. The Bertz CT molecular complexity index is 698. The van der Waals surface area contributed by atoms with E-state index in [4.69, 9.17) is 16.7 Å².